The van der Waals surface area contributed by atoms with E-state index in [-0.39, 0.29) is 15.5 Å². The lowest BCUT2D eigenvalue weighted by Gasteiger charge is -2.13. The van der Waals surface area contributed by atoms with Crippen molar-refractivity contribution in [3.05, 3.63) is 112 Å². The fraction of sp³-hybridized carbons (Fsp3) is 0.0769. The number of nitrogens with one attached hydrogen (secondary N) is 1. The Labute approximate surface area is 213 Å². The van der Waals surface area contributed by atoms with E-state index in [0.717, 1.165) is 0 Å². The molecule has 3 aromatic carbocycles. The van der Waals surface area contributed by atoms with E-state index in [1.165, 1.54) is 18.2 Å². The largest absolute Gasteiger partial charge is 0.387 e. The fourth-order valence-corrected chi connectivity index (χ4v) is 5.39. The molecule has 0 aliphatic carbocycles. The number of halogens is 2. The average Bonchev–Trinajstić information content (AvgIpc) is 2.86. The summed E-state index contributed by atoms with van der Waals surface area (Å²) in [5.41, 5.74) is 2.36. The molecule has 0 radical (unpaired) electrons. The molecule has 0 saturated carbocycles. The Kier molecular flexibility index (Phi) is 7.52. The summed E-state index contributed by atoms with van der Waals surface area (Å²) < 4.78 is 25.6. The lowest BCUT2D eigenvalue weighted by atomic mass is 10.1. The number of nitrogens with zero attached hydrogens (tertiary/aromatic N) is 1. The van der Waals surface area contributed by atoms with Crippen LogP contribution in [0.5, 0.6) is 0 Å². The van der Waals surface area contributed by atoms with Crippen LogP contribution in [0.25, 0.3) is 11.3 Å². The van der Waals surface area contributed by atoms with E-state index in [0.29, 0.717) is 27.5 Å². The van der Waals surface area contributed by atoms with Gasteiger partial charge in [-0.2, -0.15) is 0 Å². The normalized spacial score (nSPS) is 12.2. The van der Waals surface area contributed by atoms with Crippen molar-refractivity contribution in [2.24, 2.45) is 0 Å². The van der Waals surface area contributed by atoms with Gasteiger partial charge in [-0.1, -0.05) is 59.6 Å². The minimum Gasteiger partial charge on any atom is -0.387 e. The minimum absolute atomic E-state index is 0.0308. The van der Waals surface area contributed by atoms with Crippen LogP contribution < -0.4 is 5.32 Å². The van der Waals surface area contributed by atoms with Crippen molar-refractivity contribution in [3.8, 4) is 11.3 Å². The van der Waals surface area contributed by atoms with Crippen molar-refractivity contribution in [1.82, 2.24) is 4.98 Å². The maximum Gasteiger partial charge on any atom is 0.257 e. The minimum atomic E-state index is -3.86. The van der Waals surface area contributed by atoms with Crippen LogP contribution in [0.1, 0.15) is 22.0 Å². The first-order valence-electron chi connectivity index (χ1n) is 10.5. The molecule has 1 amide bonds. The molecule has 1 heterocycles. The number of sulfone groups is 1. The summed E-state index contributed by atoms with van der Waals surface area (Å²) in [6.45, 7) is 0. The highest BCUT2D eigenvalue weighted by atomic mass is 35.5. The molecule has 178 valence electrons. The van der Waals surface area contributed by atoms with E-state index in [1.54, 1.807) is 66.9 Å². The predicted molar refractivity (Wildman–Crippen MR) is 138 cm³/mol. The lowest BCUT2D eigenvalue weighted by Crippen LogP contribution is -2.16. The molecule has 35 heavy (non-hydrogen) atoms. The second kappa shape index (κ2) is 10.6. The van der Waals surface area contributed by atoms with Crippen LogP contribution in [-0.2, 0) is 9.84 Å². The van der Waals surface area contributed by atoms with E-state index >= 15 is 0 Å². The van der Waals surface area contributed by atoms with Gasteiger partial charge >= 0.3 is 0 Å². The molecule has 0 unspecified atom stereocenters. The first kappa shape index (κ1) is 24.9. The maximum atomic E-state index is 12.9. The molecule has 0 aliphatic heterocycles. The van der Waals surface area contributed by atoms with E-state index in [9.17, 15) is 18.3 Å². The topological polar surface area (TPSA) is 96.4 Å². The van der Waals surface area contributed by atoms with Crippen molar-refractivity contribution < 1.29 is 18.3 Å². The number of aliphatic hydroxyl groups is 1. The molecule has 6 nitrogen and oxygen atoms in total. The second-order valence-corrected chi connectivity index (χ2v) is 10.6. The van der Waals surface area contributed by atoms with Crippen molar-refractivity contribution in [1.29, 1.82) is 0 Å². The van der Waals surface area contributed by atoms with Gasteiger partial charge in [0.1, 0.15) is 0 Å². The molecule has 1 atom stereocenters. The molecule has 1 aromatic heterocycles. The maximum absolute atomic E-state index is 12.9. The third-order valence-electron chi connectivity index (χ3n) is 5.27. The molecule has 0 aliphatic rings. The summed E-state index contributed by atoms with van der Waals surface area (Å²) >= 11 is 12.6. The summed E-state index contributed by atoms with van der Waals surface area (Å²) in [5.74, 6) is -1.03. The highest BCUT2D eigenvalue weighted by Gasteiger charge is 2.23. The first-order chi connectivity index (χ1) is 16.7. The zero-order valence-electron chi connectivity index (χ0n) is 18.2. The number of hydrogen-bond donors (Lipinski definition) is 2. The van der Waals surface area contributed by atoms with Gasteiger partial charge < -0.3 is 10.4 Å². The Morgan fingerprint density at radius 3 is 2.34 bits per heavy atom. The van der Waals surface area contributed by atoms with Crippen LogP contribution in [0.2, 0.25) is 10.0 Å². The van der Waals surface area contributed by atoms with Gasteiger partial charge in [-0.25, -0.2) is 8.42 Å². The number of pyridine rings is 1. The SMILES string of the molecule is O=C(Nc1ccc(Cl)c(-c2ccccn2)c1)c1ccc(S(=O)(=O)C[C@H](O)c2ccccc2)cc1Cl. The van der Waals surface area contributed by atoms with Gasteiger partial charge in [-0.05, 0) is 54.1 Å². The number of rotatable bonds is 7. The number of carbonyl (C=O) groups is 1. The lowest BCUT2D eigenvalue weighted by molar-refractivity contribution is 0.102. The summed E-state index contributed by atoms with van der Waals surface area (Å²) in [7, 11) is -3.86. The highest BCUT2D eigenvalue weighted by molar-refractivity contribution is 7.91. The number of amides is 1. The van der Waals surface area contributed by atoms with E-state index < -0.39 is 27.6 Å². The Bertz CT molecular complexity index is 1460. The van der Waals surface area contributed by atoms with E-state index in [2.05, 4.69) is 10.3 Å². The smallest absolute Gasteiger partial charge is 0.257 e. The van der Waals surface area contributed by atoms with E-state index in [4.69, 9.17) is 23.2 Å². The molecule has 9 heteroatoms. The summed E-state index contributed by atoms with van der Waals surface area (Å²) in [6, 6.07) is 22.8. The fourth-order valence-electron chi connectivity index (χ4n) is 3.47. The predicted octanol–water partition coefficient (Wildman–Crippen LogP) is 5.82. The molecule has 4 rings (SSSR count). The van der Waals surface area contributed by atoms with Crippen molar-refractivity contribution in [2.45, 2.75) is 11.0 Å². The third kappa shape index (κ3) is 5.89. The average molecular weight is 527 g/mol. The Hall–Kier alpha value is -3.23. The molecule has 4 aromatic rings. The van der Waals surface area contributed by atoms with Crippen molar-refractivity contribution in [2.75, 3.05) is 11.1 Å². The van der Waals surface area contributed by atoms with Gasteiger partial charge in [0.25, 0.3) is 5.91 Å². The number of aliphatic hydroxyl groups excluding tert-OH is 1. The Morgan fingerprint density at radius 1 is 0.914 bits per heavy atom. The molecule has 0 fully saturated rings. The highest BCUT2D eigenvalue weighted by Crippen LogP contribution is 2.30. The van der Waals surface area contributed by atoms with Crippen LogP contribution in [0.15, 0.2) is 96.0 Å². The van der Waals surface area contributed by atoms with Gasteiger partial charge in [0, 0.05) is 17.4 Å². The van der Waals surface area contributed by atoms with E-state index in [1.807, 2.05) is 6.07 Å². The van der Waals surface area contributed by atoms with Crippen LogP contribution in [0, 0.1) is 0 Å². The first-order valence-corrected chi connectivity index (χ1v) is 12.9. The van der Waals surface area contributed by atoms with Crippen LogP contribution in [0.3, 0.4) is 0 Å². The molecule has 0 saturated heterocycles. The monoisotopic (exact) mass is 526 g/mol. The molecular formula is C26H20Cl2N2O4S. The number of aromatic nitrogens is 1. The third-order valence-corrected chi connectivity index (χ3v) is 7.64. The zero-order valence-corrected chi connectivity index (χ0v) is 20.6. The number of carbonyl (C=O) groups excluding carboxylic acids is 1. The second-order valence-electron chi connectivity index (χ2n) is 7.71. The molecular weight excluding hydrogens is 507 g/mol. The van der Waals surface area contributed by atoms with Gasteiger partial charge in [0.2, 0.25) is 0 Å². The molecule has 0 spiro atoms. The van der Waals surface area contributed by atoms with Crippen LogP contribution >= 0.6 is 23.2 Å². The van der Waals surface area contributed by atoms with Gasteiger partial charge in [-0.3, -0.25) is 9.78 Å². The number of benzene rings is 3. The van der Waals surface area contributed by atoms with Crippen molar-refractivity contribution in [3.63, 3.8) is 0 Å². The number of anilines is 1. The van der Waals surface area contributed by atoms with Crippen LogP contribution in [0.4, 0.5) is 5.69 Å². The summed E-state index contributed by atoms with van der Waals surface area (Å²) in [6.07, 6.45) is 0.451. The summed E-state index contributed by atoms with van der Waals surface area (Å²) in [5, 5.41) is 13.5. The Morgan fingerprint density at radius 2 is 1.66 bits per heavy atom. The van der Waals surface area contributed by atoms with Gasteiger partial charge in [0.05, 0.1) is 38.1 Å². The standard InChI is InChI=1S/C26H20Cl2N2O4S/c27-22-12-9-18(14-21(22)24-8-4-5-13-29-24)30-26(32)20-11-10-19(15-23(20)28)35(33,34)16-25(31)17-6-2-1-3-7-17/h1-15,25,31H,16H2,(H,30,32)/t25-/m0/s1. The van der Waals surface area contributed by atoms with Gasteiger partial charge in [0.15, 0.2) is 9.84 Å². The number of hydrogen-bond acceptors (Lipinski definition) is 5. The quantitative estimate of drug-likeness (QED) is 0.316. The zero-order chi connectivity index (χ0) is 25.0. The Balaban J connectivity index is 1.52. The van der Waals surface area contributed by atoms with Crippen molar-refractivity contribution >= 4 is 44.6 Å². The van der Waals surface area contributed by atoms with Gasteiger partial charge in [-0.15, -0.1) is 0 Å². The molecule has 2 N–H and O–H groups in total. The van der Waals surface area contributed by atoms with Crippen LogP contribution in [-0.4, -0.2) is 30.2 Å². The molecule has 0 bridgehead atoms. The summed E-state index contributed by atoms with van der Waals surface area (Å²) in [4.78, 5) is 17.1.